The van der Waals surface area contributed by atoms with Crippen LogP contribution in [-0.4, -0.2) is 52.8 Å². The van der Waals surface area contributed by atoms with E-state index in [4.69, 9.17) is 4.74 Å². The van der Waals surface area contributed by atoms with Gasteiger partial charge >= 0.3 is 6.09 Å². The fraction of sp³-hybridized carbons (Fsp3) is 0.560. The van der Waals surface area contributed by atoms with Gasteiger partial charge in [0.25, 0.3) is 0 Å². The van der Waals surface area contributed by atoms with Gasteiger partial charge in [-0.25, -0.2) is 4.79 Å². The number of nitrogens with zero attached hydrogens (tertiary/aromatic N) is 1. The summed E-state index contributed by atoms with van der Waals surface area (Å²) in [6, 6.07) is 5.21. The summed E-state index contributed by atoms with van der Waals surface area (Å²) >= 11 is 4.28. The van der Waals surface area contributed by atoms with Gasteiger partial charge in [0.05, 0.1) is 0 Å². The van der Waals surface area contributed by atoms with Crippen molar-refractivity contribution in [2.24, 2.45) is 0 Å². The molecule has 1 aromatic carbocycles. The second kappa shape index (κ2) is 13.3. The standard InChI is InChI=1S/C25H39N3O4S/c1-8-10-14-26-22(29)21(19-13-11-12-18(9-2)15-19)28(17(3)4)23(30)20(16-33)27-24(31)32-25(5,6)7/h9,11-13,15,17,20-21,33H,2,8,10,14,16H2,1,3-7H3,(H,26,29)(H,27,31). The summed E-state index contributed by atoms with van der Waals surface area (Å²) in [6.07, 6.45) is 2.75. The molecule has 0 aliphatic heterocycles. The molecular formula is C25H39N3O4S. The predicted octanol–water partition coefficient (Wildman–Crippen LogP) is 4.35. The monoisotopic (exact) mass is 477 g/mol. The van der Waals surface area contributed by atoms with Crippen LogP contribution in [0, 0.1) is 0 Å². The maximum atomic E-state index is 13.6. The van der Waals surface area contributed by atoms with Crippen molar-refractivity contribution in [3.8, 4) is 0 Å². The Morgan fingerprint density at radius 1 is 1.24 bits per heavy atom. The molecule has 0 aromatic heterocycles. The first kappa shape index (κ1) is 28.6. The van der Waals surface area contributed by atoms with Gasteiger partial charge in [-0.2, -0.15) is 12.6 Å². The van der Waals surface area contributed by atoms with Crippen molar-refractivity contribution in [1.29, 1.82) is 0 Å². The summed E-state index contributed by atoms with van der Waals surface area (Å²) in [5.74, 6) is -0.634. The molecule has 3 amide bonds. The number of carbonyl (C=O) groups excluding carboxylic acids is 3. The molecule has 1 rings (SSSR count). The second-order valence-corrected chi connectivity index (χ2v) is 9.51. The number of ether oxygens (including phenoxy) is 1. The molecule has 2 atom stereocenters. The van der Waals surface area contributed by atoms with Crippen LogP contribution in [0.4, 0.5) is 4.79 Å². The molecule has 0 aliphatic rings. The first-order chi connectivity index (χ1) is 15.4. The minimum atomic E-state index is -0.959. The molecule has 33 heavy (non-hydrogen) atoms. The first-order valence-corrected chi connectivity index (χ1v) is 12.0. The first-order valence-electron chi connectivity index (χ1n) is 11.4. The summed E-state index contributed by atoms with van der Waals surface area (Å²) in [5.41, 5.74) is 0.796. The highest BCUT2D eigenvalue weighted by Gasteiger charge is 2.37. The minimum absolute atomic E-state index is 0.0537. The number of alkyl carbamates (subject to hydrolysis) is 1. The molecule has 0 heterocycles. The Balaban J connectivity index is 3.35. The van der Waals surface area contributed by atoms with Gasteiger partial charge in [-0.15, -0.1) is 0 Å². The molecule has 0 bridgehead atoms. The van der Waals surface area contributed by atoms with Gasteiger partial charge in [0, 0.05) is 18.3 Å². The highest BCUT2D eigenvalue weighted by atomic mass is 32.1. The van der Waals surface area contributed by atoms with E-state index < -0.39 is 29.7 Å². The number of rotatable bonds is 11. The SMILES string of the molecule is C=Cc1cccc(C(C(=O)NCCCC)N(C(=O)C(CS)NC(=O)OC(C)(C)C)C(C)C)c1. The summed E-state index contributed by atoms with van der Waals surface area (Å²) in [4.78, 5) is 40.8. The lowest BCUT2D eigenvalue weighted by molar-refractivity contribution is -0.144. The van der Waals surface area contributed by atoms with E-state index in [0.717, 1.165) is 18.4 Å². The molecule has 0 saturated carbocycles. The lowest BCUT2D eigenvalue weighted by Gasteiger charge is -2.37. The number of hydrogen-bond donors (Lipinski definition) is 3. The molecular weight excluding hydrogens is 438 g/mol. The van der Waals surface area contributed by atoms with Crippen molar-refractivity contribution in [2.75, 3.05) is 12.3 Å². The summed E-state index contributed by atoms with van der Waals surface area (Å²) in [5, 5.41) is 5.55. The molecule has 1 aromatic rings. The maximum absolute atomic E-state index is 13.6. The van der Waals surface area contributed by atoms with Crippen molar-refractivity contribution in [3.05, 3.63) is 42.0 Å². The quantitative estimate of drug-likeness (QED) is 0.327. The van der Waals surface area contributed by atoms with E-state index in [1.807, 2.05) is 45.0 Å². The van der Waals surface area contributed by atoms with Gasteiger partial charge < -0.3 is 20.3 Å². The van der Waals surface area contributed by atoms with Gasteiger partial charge in [-0.05, 0) is 58.2 Å². The molecule has 184 valence electrons. The van der Waals surface area contributed by atoms with Gasteiger partial charge in [0.15, 0.2) is 0 Å². The number of unbranched alkanes of at least 4 members (excludes halogenated alkanes) is 1. The summed E-state index contributed by atoms with van der Waals surface area (Å²) in [7, 11) is 0. The maximum Gasteiger partial charge on any atom is 0.408 e. The number of hydrogen-bond acceptors (Lipinski definition) is 5. The molecule has 8 heteroatoms. The van der Waals surface area contributed by atoms with Crippen LogP contribution in [-0.2, 0) is 14.3 Å². The van der Waals surface area contributed by atoms with Crippen molar-refractivity contribution >= 4 is 36.6 Å². The van der Waals surface area contributed by atoms with E-state index in [1.165, 1.54) is 4.90 Å². The van der Waals surface area contributed by atoms with Gasteiger partial charge in [0.1, 0.15) is 17.7 Å². The van der Waals surface area contributed by atoms with Crippen LogP contribution in [0.2, 0.25) is 0 Å². The van der Waals surface area contributed by atoms with Gasteiger partial charge in [-0.1, -0.05) is 44.2 Å². The van der Waals surface area contributed by atoms with Crippen LogP contribution in [0.5, 0.6) is 0 Å². The summed E-state index contributed by atoms with van der Waals surface area (Å²) < 4.78 is 5.30. The fourth-order valence-corrected chi connectivity index (χ4v) is 3.52. The third-order valence-electron chi connectivity index (χ3n) is 4.80. The largest absolute Gasteiger partial charge is 0.444 e. The fourth-order valence-electron chi connectivity index (χ4n) is 3.27. The average molecular weight is 478 g/mol. The van der Waals surface area contributed by atoms with Crippen LogP contribution in [0.3, 0.4) is 0 Å². The minimum Gasteiger partial charge on any atom is -0.444 e. The molecule has 2 N–H and O–H groups in total. The van der Waals surface area contributed by atoms with Crippen LogP contribution in [0.15, 0.2) is 30.8 Å². The van der Waals surface area contributed by atoms with E-state index in [-0.39, 0.29) is 17.7 Å². The average Bonchev–Trinajstić information content (AvgIpc) is 2.73. The Morgan fingerprint density at radius 2 is 1.91 bits per heavy atom. The smallest absolute Gasteiger partial charge is 0.408 e. The van der Waals surface area contributed by atoms with Crippen LogP contribution >= 0.6 is 12.6 Å². The van der Waals surface area contributed by atoms with Crippen molar-refractivity contribution in [1.82, 2.24) is 15.5 Å². The number of amides is 3. The highest BCUT2D eigenvalue weighted by Crippen LogP contribution is 2.26. The second-order valence-electron chi connectivity index (χ2n) is 9.14. The summed E-state index contributed by atoms with van der Waals surface area (Å²) in [6.45, 7) is 15.3. The Hall–Kier alpha value is -2.48. The lowest BCUT2D eigenvalue weighted by atomic mass is 9.99. The van der Waals surface area contributed by atoms with Gasteiger partial charge in [0.2, 0.25) is 11.8 Å². The van der Waals surface area contributed by atoms with E-state index in [9.17, 15) is 14.4 Å². The van der Waals surface area contributed by atoms with Crippen LogP contribution in [0.25, 0.3) is 6.08 Å². The van der Waals surface area contributed by atoms with Crippen molar-refractivity contribution in [3.63, 3.8) is 0 Å². The molecule has 2 unspecified atom stereocenters. The molecule has 0 fully saturated rings. The highest BCUT2D eigenvalue weighted by molar-refractivity contribution is 7.80. The lowest BCUT2D eigenvalue weighted by Crippen LogP contribution is -2.55. The zero-order valence-electron chi connectivity index (χ0n) is 20.7. The molecule has 7 nitrogen and oxygen atoms in total. The van der Waals surface area contributed by atoms with Crippen molar-refractivity contribution in [2.45, 2.75) is 78.1 Å². The molecule has 0 aliphatic carbocycles. The Morgan fingerprint density at radius 3 is 2.42 bits per heavy atom. The third-order valence-corrected chi connectivity index (χ3v) is 5.17. The Kier molecular flexibility index (Phi) is 11.5. The Labute approximate surface area is 203 Å². The normalized spacial score (nSPS) is 13.1. The number of nitrogens with one attached hydrogen (secondary N) is 2. The zero-order valence-corrected chi connectivity index (χ0v) is 21.6. The number of carbonyl (C=O) groups is 3. The van der Waals surface area contributed by atoms with E-state index in [1.54, 1.807) is 26.8 Å². The molecule has 0 radical (unpaired) electrons. The Bertz CT molecular complexity index is 820. The number of thiol groups is 1. The van der Waals surface area contributed by atoms with E-state index in [0.29, 0.717) is 12.1 Å². The van der Waals surface area contributed by atoms with Crippen molar-refractivity contribution < 1.29 is 19.1 Å². The van der Waals surface area contributed by atoms with Gasteiger partial charge in [-0.3, -0.25) is 9.59 Å². The van der Waals surface area contributed by atoms with E-state index in [2.05, 4.69) is 29.8 Å². The van der Waals surface area contributed by atoms with Crippen LogP contribution < -0.4 is 10.6 Å². The number of benzene rings is 1. The van der Waals surface area contributed by atoms with Crippen LogP contribution in [0.1, 0.15) is 71.6 Å². The van der Waals surface area contributed by atoms with E-state index >= 15 is 0 Å². The molecule has 0 saturated heterocycles. The molecule has 0 spiro atoms. The predicted molar refractivity (Wildman–Crippen MR) is 136 cm³/mol. The third kappa shape index (κ3) is 9.12. The topological polar surface area (TPSA) is 87.7 Å². The zero-order chi connectivity index (χ0) is 25.2.